The summed E-state index contributed by atoms with van der Waals surface area (Å²) in [6, 6.07) is 17.1. The first kappa shape index (κ1) is 16.5. The number of benzene rings is 2. The lowest BCUT2D eigenvalue weighted by Crippen LogP contribution is -1.96. The molecule has 0 amide bonds. The lowest BCUT2D eigenvalue weighted by Gasteiger charge is -2.10. The zero-order chi connectivity index (χ0) is 14.8. The first-order valence-electron chi connectivity index (χ1n) is 7.90. The van der Waals surface area contributed by atoms with Gasteiger partial charge in [-0.05, 0) is 47.9 Å². The summed E-state index contributed by atoms with van der Waals surface area (Å²) in [6.07, 6.45) is 4.64. The van der Waals surface area contributed by atoms with Crippen LogP contribution in [0.3, 0.4) is 0 Å². The molecule has 0 saturated carbocycles. The molecule has 0 nitrogen and oxygen atoms in total. The van der Waals surface area contributed by atoms with Crippen molar-refractivity contribution in [1.82, 2.24) is 0 Å². The van der Waals surface area contributed by atoms with Gasteiger partial charge in [-0.15, -0.1) is 0 Å². The summed E-state index contributed by atoms with van der Waals surface area (Å²) >= 11 is 0. The highest BCUT2D eigenvalue weighted by atomic mass is 14.1. The maximum atomic E-state index is 2.25. The van der Waals surface area contributed by atoms with Crippen LogP contribution >= 0.6 is 0 Å². The van der Waals surface area contributed by atoms with Crippen molar-refractivity contribution in [2.45, 2.75) is 53.4 Å². The minimum absolute atomic E-state index is 1.14. The second-order valence-electron chi connectivity index (χ2n) is 4.95. The average molecular weight is 268 g/mol. The highest BCUT2D eigenvalue weighted by Crippen LogP contribution is 2.16. The molecule has 0 aliphatic heterocycles. The number of hydrogen-bond acceptors (Lipinski definition) is 0. The van der Waals surface area contributed by atoms with Crippen molar-refractivity contribution in [2.24, 2.45) is 0 Å². The standard InChI is InChI=1S/C12H18.C8H10/c1-4-10-8-7-9-11(5-2)12(10)6-3;1-2-8-6-4-3-5-7-8/h7-9H,4-6H2,1-3H3;3-7H,2H2,1H3. The summed E-state index contributed by atoms with van der Waals surface area (Å²) in [6.45, 7) is 8.87. The van der Waals surface area contributed by atoms with E-state index in [0.29, 0.717) is 0 Å². The molecule has 0 unspecified atom stereocenters. The van der Waals surface area contributed by atoms with E-state index in [0.717, 1.165) is 19.3 Å². The fraction of sp³-hybridized carbons (Fsp3) is 0.400. The minimum Gasteiger partial charge on any atom is -0.0622 e. The van der Waals surface area contributed by atoms with Gasteiger partial charge in [0.2, 0.25) is 0 Å². The number of rotatable bonds is 4. The Hall–Kier alpha value is -1.56. The van der Waals surface area contributed by atoms with Crippen molar-refractivity contribution < 1.29 is 0 Å². The molecule has 0 N–H and O–H groups in total. The third-order valence-electron chi connectivity index (χ3n) is 3.74. The van der Waals surface area contributed by atoms with Crippen LogP contribution in [-0.4, -0.2) is 0 Å². The summed E-state index contributed by atoms with van der Waals surface area (Å²) in [5.74, 6) is 0. The molecule has 0 heterocycles. The molecule has 2 aromatic rings. The third-order valence-corrected chi connectivity index (χ3v) is 3.74. The van der Waals surface area contributed by atoms with Crippen LogP contribution in [0.2, 0.25) is 0 Å². The smallest absolute Gasteiger partial charge is 0.0302 e. The molecular weight excluding hydrogens is 240 g/mol. The Kier molecular flexibility index (Phi) is 7.72. The molecular formula is C20H28. The van der Waals surface area contributed by atoms with Crippen LogP contribution in [0.5, 0.6) is 0 Å². The average Bonchev–Trinajstić information content (AvgIpc) is 2.55. The van der Waals surface area contributed by atoms with Crippen LogP contribution in [0, 0.1) is 0 Å². The molecule has 0 saturated heterocycles. The van der Waals surface area contributed by atoms with Gasteiger partial charge >= 0.3 is 0 Å². The van der Waals surface area contributed by atoms with Crippen molar-refractivity contribution in [3.05, 3.63) is 70.8 Å². The second kappa shape index (κ2) is 9.36. The summed E-state index contributed by atoms with van der Waals surface area (Å²) in [4.78, 5) is 0. The Morgan fingerprint density at radius 3 is 1.45 bits per heavy atom. The van der Waals surface area contributed by atoms with Crippen molar-refractivity contribution in [1.29, 1.82) is 0 Å². The monoisotopic (exact) mass is 268 g/mol. The molecule has 0 atom stereocenters. The maximum Gasteiger partial charge on any atom is -0.0302 e. The van der Waals surface area contributed by atoms with E-state index in [1.54, 1.807) is 5.56 Å². The van der Waals surface area contributed by atoms with E-state index in [-0.39, 0.29) is 0 Å². The maximum absolute atomic E-state index is 2.25. The zero-order valence-corrected chi connectivity index (χ0v) is 13.4. The predicted octanol–water partition coefficient (Wildman–Crippen LogP) is 5.62. The van der Waals surface area contributed by atoms with Gasteiger partial charge in [0, 0.05) is 0 Å². The molecule has 0 aliphatic carbocycles. The van der Waals surface area contributed by atoms with Gasteiger partial charge in [-0.1, -0.05) is 76.2 Å². The minimum atomic E-state index is 1.14. The summed E-state index contributed by atoms with van der Waals surface area (Å²) in [5.41, 5.74) is 6.03. The molecule has 0 spiro atoms. The van der Waals surface area contributed by atoms with E-state index in [9.17, 15) is 0 Å². The Bertz CT molecular complexity index is 460. The predicted molar refractivity (Wildman–Crippen MR) is 90.4 cm³/mol. The summed E-state index contributed by atoms with van der Waals surface area (Å²) in [7, 11) is 0. The lowest BCUT2D eigenvalue weighted by molar-refractivity contribution is 0.981. The van der Waals surface area contributed by atoms with E-state index in [4.69, 9.17) is 0 Å². The topological polar surface area (TPSA) is 0 Å². The zero-order valence-electron chi connectivity index (χ0n) is 13.4. The highest BCUT2D eigenvalue weighted by Gasteiger charge is 2.02. The van der Waals surface area contributed by atoms with Gasteiger partial charge in [0.05, 0.1) is 0 Å². The van der Waals surface area contributed by atoms with Crippen LogP contribution < -0.4 is 0 Å². The Balaban J connectivity index is 0.000000217. The quantitative estimate of drug-likeness (QED) is 0.675. The van der Waals surface area contributed by atoms with Crippen LogP contribution in [0.15, 0.2) is 48.5 Å². The second-order valence-corrected chi connectivity index (χ2v) is 4.95. The van der Waals surface area contributed by atoms with Crippen molar-refractivity contribution in [3.63, 3.8) is 0 Å². The van der Waals surface area contributed by atoms with E-state index >= 15 is 0 Å². The van der Waals surface area contributed by atoms with Crippen LogP contribution in [-0.2, 0) is 25.7 Å². The van der Waals surface area contributed by atoms with Crippen LogP contribution in [0.1, 0.15) is 49.9 Å². The molecule has 0 aliphatic rings. The van der Waals surface area contributed by atoms with E-state index in [1.165, 1.54) is 23.1 Å². The Labute approximate surface area is 124 Å². The summed E-state index contributed by atoms with van der Waals surface area (Å²) < 4.78 is 0. The van der Waals surface area contributed by atoms with E-state index in [1.807, 2.05) is 6.07 Å². The van der Waals surface area contributed by atoms with Gasteiger partial charge in [-0.2, -0.15) is 0 Å². The largest absolute Gasteiger partial charge is 0.0622 e. The fourth-order valence-corrected chi connectivity index (χ4v) is 2.52. The van der Waals surface area contributed by atoms with Gasteiger partial charge < -0.3 is 0 Å². The van der Waals surface area contributed by atoms with Crippen molar-refractivity contribution in [3.8, 4) is 0 Å². The third kappa shape index (κ3) is 4.85. The van der Waals surface area contributed by atoms with Gasteiger partial charge in [0.15, 0.2) is 0 Å². The van der Waals surface area contributed by atoms with Crippen molar-refractivity contribution >= 4 is 0 Å². The SMILES string of the molecule is CCc1cccc(CC)c1CC.CCc1ccccc1. The van der Waals surface area contributed by atoms with Gasteiger partial charge in [0.25, 0.3) is 0 Å². The molecule has 20 heavy (non-hydrogen) atoms. The molecule has 0 radical (unpaired) electrons. The molecule has 0 aromatic heterocycles. The molecule has 108 valence electrons. The van der Waals surface area contributed by atoms with Gasteiger partial charge in [-0.25, -0.2) is 0 Å². The molecule has 2 aromatic carbocycles. The van der Waals surface area contributed by atoms with Crippen LogP contribution in [0.25, 0.3) is 0 Å². The normalized spacial score (nSPS) is 9.80. The van der Waals surface area contributed by atoms with Crippen LogP contribution in [0.4, 0.5) is 0 Å². The van der Waals surface area contributed by atoms with Crippen molar-refractivity contribution in [2.75, 3.05) is 0 Å². The highest BCUT2D eigenvalue weighted by molar-refractivity contribution is 5.35. The first-order chi connectivity index (χ1) is 9.76. The lowest BCUT2D eigenvalue weighted by atomic mass is 9.96. The first-order valence-corrected chi connectivity index (χ1v) is 7.90. The molecule has 0 fully saturated rings. The van der Waals surface area contributed by atoms with Gasteiger partial charge in [0.1, 0.15) is 0 Å². The molecule has 0 bridgehead atoms. The van der Waals surface area contributed by atoms with E-state index < -0.39 is 0 Å². The van der Waals surface area contributed by atoms with Gasteiger partial charge in [-0.3, -0.25) is 0 Å². The fourth-order valence-electron chi connectivity index (χ4n) is 2.52. The Morgan fingerprint density at radius 2 is 1.10 bits per heavy atom. The summed E-state index contributed by atoms with van der Waals surface area (Å²) in [5, 5.41) is 0. The molecule has 2 rings (SSSR count). The Morgan fingerprint density at radius 1 is 0.550 bits per heavy atom. The molecule has 0 heteroatoms. The number of aryl methyl sites for hydroxylation is 3. The number of hydrogen-bond donors (Lipinski definition) is 0. The van der Waals surface area contributed by atoms with E-state index in [2.05, 4.69) is 70.2 Å².